The minimum absolute atomic E-state index is 0.300. The van der Waals surface area contributed by atoms with Gasteiger partial charge in [0.1, 0.15) is 5.78 Å². The Morgan fingerprint density at radius 1 is 1.44 bits per heavy atom. The fourth-order valence-corrected chi connectivity index (χ4v) is 2.77. The van der Waals surface area contributed by atoms with Crippen LogP contribution < -0.4 is 0 Å². The van der Waals surface area contributed by atoms with Crippen molar-refractivity contribution in [3.05, 3.63) is 29.6 Å². The number of aryl methyl sites for hydroxylation is 1. The molecule has 18 heavy (non-hydrogen) atoms. The van der Waals surface area contributed by atoms with Crippen LogP contribution in [0.5, 0.6) is 0 Å². The summed E-state index contributed by atoms with van der Waals surface area (Å²) < 4.78 is 0. The van der Waals surface area contributed by atoms with Gasteiger partial charge in [-0.05, 0) is 44.4 Å². The highest BCUT2D eigenvalue weighted by Gasteiger charge is 2.23. The normalized spacial score (nSPS) is 20.9. The first-order chi connectivity index (χ1) is 8.65. The number of nitrogens with zero attached hydrogens (tertiary/aromatic N) is 2. The van der Waals surface area contributed by atoms with Crippen LogP contribution in [-0.2, 0) is 11.3 Å². The van der Waals surface area contributed by atoms with Crippen molar-refractivity contribution in [1.82, 2.24) is 9.88 Å². The Balaban J connectivity index is 2.03. The number of likely N-dealkylation sites (tertiary alicyclic amines) is 1. The van der Waals surface area contributed by atoms with Crippen LogP contribution in [0.15, 0.2) is 18.5 Å². The molecule has 0 bridgehead atoms. The summed E-state index contributed by atoms with van der Waals surface area (Å²) in [5, 5.41) is 0. The summed E-state index contributed by atoms with van der Waals surface area (Å²) in [4.78, 5) is 18.0. The molecule has 0 radical (unpaired) electrons. The lowest BCUT2D eigenvalue weighted by molar-refractivity contribution is -0.118. The van der Waals surface area contributed by atoms with Crippen LogP contribution in [0.3, 0.4) is 0 Å². The van der Waals surface area contributed by atoms with E-state index < -0.39 is 0 Å². The lowest BCUT2D eigenvalue weighted by Crippen LogP contribution is -2.40. The number of carbonyl (C=O) groups excluding carboxylic acids is 1. The number of piperidine rings is 1. The van der Waals surface area contributed by atoms with Crippen molar-refractivity contribution in [3.8, 4) is 0 Å². The second-order valence-corrected chi connectivity index (χ2v) is 5.40. The fourth-order valence-electron chi connectivity index (χ4n) is 2.77. The van der Waals surface area contributed by atoms with Crippen LogP contribution in [-0.4, -0.2) is 28.3 Å². The second-order valence-electron chi connectivity index (χ2n) is 5.40. The number of carbonyl (C=O) groups is 1. The Morgan fingerprint density at radius 3 is 3.00 bits per heavy atom. The van der Waals surface area contributed by atoms with Gasteiger partial charge in [0.15, 0.2) is 0 Å². The molecule has 2 heterocycles. The summed E-state index contributed by atoms with van der Waals surface area (Å²) in [6.07, 6.45) is 8.16. The molecule has 0 aliphatic carbocycles. The molecule has 1 aromatic rings. The van der Waals surface area contributed by atoms with Gasteiger partial charge in [-0.3, -0.25) is 14.7 Å². The van der Waals surface area contributed by atoms with Crippen LogP contribution in [0.25, 0.3) is 0 Å². The molecule has 98 valence electrons. The van der Waals surface area contributed by atoms with E-state index in [4.69, 9.17) is 0 Å². The first-order valence-corrected chi connectivity index (χ1v) is 6.79. The van der Waals surface area contributed by atoms with Crippen molar-refractivity contribution >= 4 is 5.78 Å². The van der Waals surface area contributed by atoms with Gasteiger partial charge >= 0.3 is 0 Å². The first-order valence-electron chi connectivity index (χ1n) is 6.79. The maximum atomic E-state index is 11.3. The van der Waals surface area contributed by atoms with E-state index in [1.807, 2.05) is 12.4 Å². The van der Waals surface area contributed by atoms with Crippen LogP contribution in [0.4, 0.5) is 0 Å². The Bertz CT molecular complexity index is 417. The Kier molecular flexibility index (Phi) is 4.48. The largest absolute Gasteiger partial charge is 0.300 e. The number of hydrogen-bond acceptors (Lipinski definition) is 3. The number of pyridine rings is 1. The molecule has 1 aliphatic rings. The van der Waals surface area contributed by atoms with Gasteiger partial charge in [-0.25, -0.2) is 0 Å². The van der Waals surface area contributed by atoms with Crippen molar-refractivity contribution in [2.75, 3.05) is 6.54 Å². The zero-order valence-electron chi connectivity index (χ0n) is 11.4. The predicted molar refractivity (Wildman–Crippen MR) is 72.3 cm³/mol. The maximum Gasteiger partial charge on any atom is 0.131 e. The zero-order chi connectivity index (χ0) is 13.0. The molecule has 0 N–H and O–H groups in total. The van der Waals surface area contributed by atoms with Gasteiger partial charge in [0.25, 0.3) is 0 Å². The van der Waals surface area contributed by atoms with E-state index in [2.05, 4.69) is 22.9 Å². The van der Waals surface area contributed by atoms with Crippen LogP contribution >= 0.6 is 0 Å². The van der Waals surface area contributed by atoms with Crippen molar-refractivity contribution in [2.24, 2.45) is 0 Å². The van der Waals surface area contributed by atoms with Crippen molar-refractivity contribution in [2.45, 2.75) is 52.1 Å². The molecule has 1 aromatic heterocycles. The highest BCUT2D eigenvalue weighted by atomic mass is 16.1. The van der Waals surface area contributed by atoms with Crippen molar-refractivity contribution < 1.29 is 4.79 Å². The third kappa shape index (κ3) is 3.64. The highest BCUT2D eigenvalue weighted by Crippen LogP contribution is 2.22. The molecule has 1 aliphatic heterocycles. The van der Waals surface area contributed by atoms with Gasteiger partial charge < -0.3 is 0 Å². The number of aromatic nitrogens is 1. The Labute approximate surface area is 109 Å². The van der Waals surface area contributed by atoms with Gasteiger partial charge in [0.2, 0.25) is 0 Å². The molecule has 2 rings (SSSR count). The molecule has 1 saturated heterocycles. The lowest BCUT2D eigenvalue weighted by Gasteiger charge is -2.35. The maximum absolute atomic E-state index is 11.3. The Morgan fingerprint density at radius 2 is 2.28 bits per heavy atom. The van der Waals surface area contributed by atoms with E-state index in [0.29, 0.717) is 18.2 Å². The lowest BCUT2D eigenvalue weighted by atomic mass is 9.97. The van der Waals surface area contributed by atoms with E-state index in [-0.39, 0.29) is 0 Å². The third-order valence-corrected chi connectivity index (χ3v) is 3.59. The number of hydrogen-bond donors (Lipinski definition) is 0. The predicted octanol–water partition coefficient (Wildman–Crippen LogP) is 2.72. The van der Waals surface area contributed by atoms with E-state index in [1.54, 1.807) is 6.92 Å². The molecule has 0 spiro atoms. The number of ketones is 1. The molecule has 1 fully saturated rings. The fraction of sp³-hybridized carbons (Fsp3) is 0.600. The molecule has 0 saturated carbocycles. The summed E-state index contributed by atoms with van der Waals surface area (Å²) in [6.45, 7) is 5.79. The molecule has 3 nitrogen and oxygen atoms in total. The smallest absolute Gasteiger partial charge is 0.131 e. The molecular weight excluding hydrogens is 224 g/mol. The van der Waals surface area contributed by atoms with Gasteiger partial charge in [0.05, 0.1) is 0 Å². The van der Waals surface area contributed by atoms with Crippen LogP contribution in [0.1, 0.15) is 43.7 Å². The molecule has 1 unspecified atom stereocenters. The van der Waals surface area contributed by atoms with Crippen LogP contribution in [0, 0.1) is 6.92 Å². The zero-order valence-corrected chi connectivity index (χ0v) is 11.4. The highest BCUT2D eigenvalue weighted by molar-refractivity contribution is 5.76. The van der Waals surface area contributed by atoms with E-state index in [9.17, 15) is 4.79 Å². The molecule has 0 amide bonds. The monoisotopic (exact) mass is 246 g/mol. The minimum Gasteiger partial charge on any atom is -0.300 e. The van der Waals surface area contributed by atoms with Gasteiger partial charge in [-0.1, -0.05) is 12.5 Å². The average Bonchev–Trinajstić information content (AvgIpc) is 2.31. The van der Waals surface area contributed by atoms with E-state index in [0.717, 1.165) is 19.5 Å². The molecular formula is C15H22N2O. The summed E-state index contributed by atoms with van der Waals surface area (Å²) in [5.74, 6) is 0.300. The summed E-state index contributed by atoms with van der Waals surface area (Å²) in [6, 6.07) is 2.61. The third-order valence-electron chi connectivity index (χ3n) is 3.59. The summed E-state index contributed by atoms with van der Waals surface area (Å²) in [5.41, 5.74) is 2.46. The van der Waals surface area contributed by atoms with Crippen molar-refractivity contribution in [3.63, 3.8) is 0 Å². The standard InChI is InChI=1S/C15H22N2O/c1-12-7-14(10-16-9-12)11-17-6-4-3-5-15(17)8-13(2)18/h7,9-10,15H,3-6,8,11H2,1-2H3. The number of Topliss-reactive ketones (excluding diaryl/α,β-unsaturated/α-hetero) is 1. The molecule has 3 heteroatoms. The SMILES string of the molecule is CC(=O)CC1CCCCN1Cc1cncc(C)c1. The minimum atomic E-state index is 0.300. The van der Waals surface area contributed by atoms with E-state index >= 15 is 0 Å². The first kappa shape index (κ1) is 13.2. The topological polar surface area (TPSA) is 33.2 Å². The average molecular weight is 246 g/mol. The van der Waals surface area contributed by atoms with Gasteiger partial charge in [-0.2, -0.15) is 0 Å². The summed E-state index contributed by atoms with van der Waals surface area (Å²) >= 11 is 0. The quantitative estimate of drug-likeness (QED) is 0.819. The van der Waals surface area contributed by atoms with Crippen LogP contribution in [0.2, 0.25) is 0 Å². The molecule has 0 aromatic carbocycles. The van der Waals surface area contributed by atoms with E-state index in [1.165, 1.54) is 24.0 Å². The van der Waals surface area contributed by atoms with Crippen molar-refractivity contribution in [1.29, 1.82) is 0 Å². The second kappa shape index (κ2) is 6.10. The summed E-state index contributed by atoms with van der Waals surface area (Å²) in [7, 11) is 0. The van der Waals surface area contributed by atoms with Gasteiger partial charge in [0, 0.05) is 31.4 Å². The molecule has 1 atom stereocenters. The number of rotatable bonds is 4. The van der Waals surface area contributed by atoms with Gasteiger partial charge in [-0.15, -0.1) is 0 Å². The Hall–Kier alpha value is -1.22.